The van der Waals surface area contributed by atoms with Crippen molar-refractivity contribution >= 4 is 27.7 Å². The van der Waals surface area contributed by atoms with Crippen LogP contribution in [0.1, 0.15) is 31.7 Å². The van der Waals surface area contributed by atoms with Crippen LogP contribution in [0.15, 0.2) is 4.47 Å². The molecule has 1 aliphatic rings. The lowest BCUT2D eigenvalue weighted by Gasteiger charge is -2.31. The number of aryl methyl sites for hydroxylation is 2. The summed E-state index contributed by atoms with van der Waals surface area (Å²) >= 11 is 3.49. The van der Waals surface area contributed by atoms with E-state index >= 15 is 0 Å². The average molecular weight is 359 g/mol. The molecule has 2 rings (SSSR count). The fraction of sp³-hybridized carbons (Fsp3) is 0.643. The zero-order valence-electron chi connectivity index (χ0n) is 12.2. The molecule has 0 bridgehead atoms. The minimum absolute atomic E-state index is 0.0794. The lowest BCUT2D eigenvalue weighted by molar-refractivity contribution is -0.164. The molecule has 0 aliphatic carbocycles. The highest BCUT2D eigenvalue weighted by Crippen LogP contribution is 2.34. The number of hydrogen-bond donors (Lipinski definition) is 1. The van der Waals surface area contributed by atoms with Gasteiger partial charge in [-0.25, -0.2) is 0 Å². The molecule has 1 atom stereocenters. The van der Waals surface area contributed by atoms with Crippen molar-refractivity contribution in [2.75, 3.05) is 13.2 Å². The molecule has 0 aromatic carbocycles. The number of aliphatic carboxylic acids is 1. The second-order valence-corrected chi connectivity index (χ2v) is 5.96. The first-order valence-electron chi connectivity index (χ1n) is 7.04. The van der Waals surface area contributed by atoms with Gasteiger partial charge in [-0.2, -0.15) is 5.10 Å². The van der Waals surface area contributed by atoms with Crippen molar-refractivity contribution in [1.82, 2.24) is 9.78 Å². The van der Waals surface area contributed by atoms with Crippen LogP contribution >= 0.6 is 15.9 Å². The Hall–Kier alpha value is -1.21. The van der Waals surface area contributed by atoms with Crippen molar-refractivity contribution in [2.45, 2.75) is 39.7 Å². The number of rotatable bonds is 5. The van der Waals surface area contributed by atoms with Crippen molar-refractivity contribution in [2.24, 2.45) is 5.41 Å². The molecular weight excluding hydrogens is 340 g/mol. The summed E-state index contributed by atoms with van der Waals surface area (Å²) in [6.07, 6.45) is 0.985. The number of halogens is 1. The van der Waals surface area contributed by atoms with Gasteiger partial charge in [-0.1, -0.05) is 6.92 Å². The fourth-order valence-corrected chi connectivity index (χ4v) is 3.31. The van der Waals surface area contributed by atoms with Crippen LogP contribution in [0.4, 0.5) is 0 Å². The summed E-state index contributed by atoms with van der Waals surface area (Å²) in [6, 6.07) is 0. The fourth-order valence-electron chi connectivity index (χ4n) is 2.61. The Morgan fingerprint density at radius 2 is 2.24 bits per heavy atom. The van der Waals surface area contributed by atoms with Crippen LogP contribution in [0.25, 0.3) is 0 Å². The maximum atomic E-state index is 12.2. The number of carbonyl (C=O) groups excluding carboxylic acids is 1. The summed E-state index contributed by atoms with van der Waals surface area (Å²) in [7, 11) is 0. The summed E-state index contributed by atoms with van der Waals surface area (Å²) in [5, 5.41) is 14.0. The SMILES string of the molecule is CCc1nn(CC)c(CC2(C(=O)O)COCCC2=O)c1Br. The van der Waals surface area contributed by atoms with E-state index in [9.17, 15) is 14.7 Å². The summed E-state index contributed by atoms with van der Waals surface area (Å²) < 4.78 is 7.85. The molecular formula is C14H19BrN2O4. The van der Waals surface area contributed by atoms with Crippen LogP contribution in [-0.4, -0.2) is 39.9 Å². The number of ether oxygens (including phenoxy) is 1. The highest BCUT2D eigenvalue weighted by atomic mass is 79.9. The predicted octanol–water partition coefficient (Wildman–Crippen LogP) is 1.83. The largest absolute Gasteiger partial charge is 0.480 e. The van der Waals surface area contributed by atoms with E-state index in [0.29, 0.717) is 13.2 Å². The first-order chi connectivity index (χ1) is 9.96. The molecule has 7 heteroatoms. The van der Waals surface area contributed by atoms with E-state index in [2.05, 4.69) is 21.0 Å². The van der Waals surface area contributed by atoms with Gasteiger partial charge in [0.25, 0.3) is 0 Å². The van der Waals surface area contributed by atoms with Crippen LogP contribution in [-0.2, 0) is 33.7 Å². The number of hydrogen-bond acceptors (Lipinski definition) is 4. The minimum atomic E-state index is -1.50. The molecule has 0 spiro atoms. The van der Waals surface area contributed by atoms with E-state index in [-0.39, 0.29) is 25.2 Å². The molecule has 1 saturated heterocycles. The van der Waals surface area contributed by atoms with Gasteiger partial charge in [0, 0.05) is 19.4 Å². The minimum Gasteiger partial charge on any atom is -0.480 e. The molecule has 1 fully saturated rings. The van der Waals surface area contributed by atoms with Crippen molar-refractivity contribution in [3.05, 3.63) is 15.9 Å². The third-order valence-electron chi connectivity index (χ3n) is 3.93. The van der Waals surface area contributed by atoms with Gasteiger partial charge < -0.3 is 9.84 Å². The molecule has 6 nitrogen and oxygen atoms in total. The molecule has 21 heavy (non-hydrogen) atoms. The number of carboxylic acid groups (broad SMARTS) is 1. The van der Waals surface area contributed by atoms with E-state index in [4.69, 9.17) is 4.74 Å². The second-order valence-electron chi connectivity index (χ2n) is 5.17. The standard InChI is InChI=1S/C14H19BrN2O4/c1-3-9-12(15)10(17(4-2)16-9)7-14(13(19)20)8-21-6-5-11(14)18/h3-8H2,1-2H3,(H,19,20). The van der Waals surface area contributed by atoms with Gasteiger partial charge in [0.2, 0.25) is 0 Å². The molecule has 0 radical (unpaired) electrons. The normalized spacial score (nSPS) is 22.5. The van der Waals surface area contributed by atoms with E-state index in [1.165, 1.54) is 0 Å². The first kappa shape index (κ1) is 16.2. The van der Waals surface area contributed by atoms with Crippen molar-refractivity contribution in [3.8, 4) is 0 Å². The summed E-state index contributed by atoms with van der Waals surface area (Å²) in [6.45, 7) is 4.76. The molecule has 1 aromatic rings. The van der Waals surface area contributed by atoms with Crippen LogP contribution in [0, 0.1) is 5.41 Å². The molecule has 0 saturated carbocycles. The van der Waals surface area contributed by atoms with Gasteiger partial charge in [0.05, 0.1) is 29.1 Å². The summed E-state index contributed by atoms with van der Waals surface area (Å²) in [5.41, 5.74) is 0.116. The topological polar surface area (TPSA) is 81.4 Å². The van der Waals surface area contributed by atoms with Crippen LogP contribution in [0.2, 0.25) is 0 Å². The van der Waals surface area contributed by atoms with E-state index < -0.39 is 11.4 Å². The Morgan fingerprint density at radius 1 is 1.52 bits per heavy atom. The third kappa shape index (κ3) is 2.76. The maximum Gasteiger partial charge on any atom is 0.319 e. The number of Topliss-reactive ketones (excluding diaryl/α,β-unsaturated/α-hetero) is 1. The second kappa shape index (κ2) is 6.27. The lowest BCUT2D eigenvalue weighted by Crippen LogP contribution is -2.49. The lowest BCUT2D eigenvalue weighted by atomic mass is 9.77. The van der Waals surface area contributed by atoms with Gasteiger partial charge in [-0.05, 0) is 29.3 Å². The van der Waals surface area contributed by atoms with Gasteiger partial charge in [0.1, 0.15) is 0 Å². The predicted molar refractivity (Wildman–Crippen MR) is 79.2 cm³/mol. The molecule has 1 aliphatic heterocycles. The van der Waals surface area contributed by atoms with Crippen molar-refractivity contribution in [1.29, 1.82) is 0 Å². The average Bonchev–Trinajstić information content (AvgIpc) is 2.77. The van der Waals surface area contributed by atoms with E-state index in [1.807, 2.05) is 13.8 Å². The quantitative estimate of drug-likeness (QED) is 0.812. The van der Waals surface area contributed by atoms with Crippen LogP contribution in [0.3, 0.4) is 0 Å². The van der Waals surface area contributed by atoms with Gasteiger partial charge >= 0.3 is 5.97 Å². The Bertz CT molecular complexity index is 570. The van der Waals surface area contributed by atoms with Gasteiger partial charge in [0.15, 0.2) is 11.2 Å². The Kier molecular flexibility index (Phi) is 4.83. The Morgan fingerprint density at radius 3 is 2.76 bits per heavy atom. The van der Waals surface area contributed by atoms with E-state index in [1.54, 1.807) is 4.68 Å². The summed E-state index contributed by atoms with van der Waals surface area (Å²) in [5.74, 6) is -1.39. The van der Waals surface area contributed by atoms with Gasteiger partial charge in [-0.3, -0.25) is 14.3 Å². The van der Waals surface area contributed by atoms with Crippen molar-refractivity contribution in [3.63, 3.8) is 0 Å². The third-order valence-corrected chi connectivity index (χ3v) is 4.84. The van der Waals surface area contributed by atoms with Crippen molar-refractivity contribution < 1.29 is 19.4 Å². The number of carboxylic acids is 1. The maximum absolute atomic E-state index is 12.2. The van der Waals surface area contributed by atoms with Gasteiger partial charge in [-0.15, -0.1) is 0 Å². The molecule has 116 valence electrons. The smallest absolute Gasteiger partial charge is 0.319 e. The number of carbonyl (C=O) groups is 2. The monoisotopic (exact) mass is 358 g/mol. The molecule has 1 aromatic heterocycles. The zero-order valence-corrected chi connectivity index (χ0v) is 13.8. The van der Waals surface area contributed by atoms with Crippen LogP contribution in [0.5, 0.6) is 0 Å². The highest BCUT2D eigenvalue weighted by Gasteiger charge is 2.49. The molecule has 1 N–H and O–H groups in total. The Balaban J connectivity index is 2.44. The number of nitrogens with zero attached hydrogens (tertiary/aromatic N) is 2. The Labute approximate surface area is 131 Å². The number of ketones is 1. The van der Waals surface area contributed by atoms with E-state index in [0.717, 1.165) is 22.3 Å². The zero-order chi connectivity index (χ0) is 15.6. The highest BCUT2D eigenvalue weighted by molar-refractivity contribution is 9.10. The number of aromatic nitrogens is 2. The molecule has 2 heterocycles. The van der Waals surface area contributed by atoms with Crippen LogP contribution < -0.4 is 0 Å². The first-order valence-corrected chi connectivity index (χ1v) is 7.84. The molecule has 1 unspecified atom stereocenters. The summed E-state index contributed by atoms with van der Waals surface area (Å²) in [4.78, 5) is 24.0. The molecule has 0 amide bonds.